The molecule has 36 heteroatoms. The van der Waals surface area contributed by atoms with Crippen LogP contribution in [0.3, 0.4) is 0 Å². The Labute approximate surface area is 418 Å². The summed E-state index contributed by atoms with van der Waals surface area (Å²) in [6.45, 7) is 6.91. The maximum atomic E-state index is 12.9. The summed E-state index contributed by atoms with van der Waals surface area (Å²) >= 11 is 0. The molecule has 2 heterocycles. The molecule has 73 heavy (non-hydrogen) atoms. The van der Waals surface area contributed by atoms with Crippen LogP contribution in [0.1, 0.15) is 16.7 Å². The van der Waals surface area contributed by atoms with Crippen LogP contribution in [0.25, 0.3) is 11.1 Å². The molecule has 4 rings (SSSR count). The van der Waals surface area contributed by atoms with Crippen molar-refractivity contribution in [1.29, 1.82) is 5.26 Å². The van der Waals surface area contributed by atoms with Gasteiger partial charge in [-0.15, -0.1) is 10.2 Å². The van der Waals surface area contributed by atoms with Crippen LogP contribution in [0.5, 0.6) is 0 Å². The predicted molar refractivity (Wildman–Crippen MR) is 264 cm³/mol. The average Bonchev–Trinajstić information content (AvgIpc) is 3.29. The van der Waals surface area contributed by atoms with E-state index in [-0.39, 0.29) is 94.6 Å². The number of nitrogens with one attached hydrogen (secondary N) is 4. The Morgan fingerprint density at radius 1 is 0.603 bits per heavy atom. The van der Waals surface area contributed by atoms with Crippen molar-refractivity contribution in [1.82, 2.24) is 9.97 Å². The van der Waals surface area contributed by atoms with Crippen molar-refractivity contribution in [3.63, 3.8) is 0 Å². The van der Waals surface area contributed by atoms with E-state index in [0.29, 0.717) is 0 Å². The number of hydrogen-bond donors (Lipinski definition) is 9. The first-order valence-electron chi connectivity index (χ1n) is 20.0. The van der Waals surface area contributed by atoms with Crippen molar-refractivity contribution in [3.8, 4) is 17.2 Å². The molecular formula is C37H44N12O18S6. The maximum Gasteiger partial charge on any atom is 0.397 e. The Balaban J connectivity index is 1.80. The molecule has 0 aliphatic heterocycles. The topological polar surface area (TPSA) is 477 Å². The minimum absolute atomic E-state index is 0.0487. The van der Waals surface area contributed by atoms with Gasteiger partial charge in [-0.2, -0.15) is 49.2 Å². The molecule has 0 saturated heterocycles. The lowest BCUT2D eigenvalue weighted by atomic mass is 10.0. The van der Waals surface area contributed by atoms with Crippen LogP contribution in [0.15, 0.2) is 90.6 Å². The number of nitrogen functional groups attached to an aromatic ring is 1. The lowest BCUT2D eigenvalue weighted by Gasteiger charge is -2.16. The zero-order valence-electron chi connectivity index (χ0n) is 37.9. The van der Waals surface area contributed by atoms with E-state index in [0.717, 1.165) is 47.2 Å². The summed E-state index contributed by atoms with van der Waals surface area (Å²) in [6, 6.07) is 7.69. The van der Waals surface area contributed by atoms with Crippen molar-refractivity contribution in [2.45, 2.75) is 23.6 Å². The first-order valence-corrected chi connectivity index (χ1v) is 29.0. The molecule has 0 unspecified atom stereocenters. The third-order valence-corrected chi connectivity index (χ3v) is 14.7. The highest BCUT2D eigenvalue weighted by atomic mass is 32.3. The van der Waals surface area contributed by atoms with Gasteiger partial charge in [-0.1, -0.05) is 25.3 Å². The SMILES string of the molecule is C=CS(=O)(=O)CCNc1nc(NCCOS(=O)(=O)O)c(N=Nc2ccc(-c3ccc(N=Nc4c(NCCS(=O)(=O)C=C)nc(NCCOS(=O)(=O)O)c(N)c4C)cc3S(=O)(=O)O)c(S(=O)(=O)O)c2)c(C)c1C#N. The summed E-state index contributed by atoms with van der Waals surface area (Å²) < 4.78 is 191. The summed E-state index contributed by atoms with van der Waals surface area (Å²) in [7, 11) is -27.6. The van der Waals surface area contributed by atoms with E-state index in [4.69, 9.17) is 14.8 Å². The molecule has 10 N–H and O–H groups in total. The fourth-order valence-corrected chi connectivity index (χ4v) is 9.09. The van der Waals surface area contributed by atoms with Crippen molar-refractivity contribution >= 4 is 112 Å². The molecule has 0 radical (unpaired) electrons. The van der Waals surface area contributed by atoms with Gasteiger partial charge < -0.3 is 27.0 Å². The van der Waals surface area contributed by atoms with Crippen LogP contribution >= 0.6 is 0 Å². The van der Waals surface area contributed by atoms with Gasteiger partial charge >= 0.3 is 20.8 Å². The molecule has 0 atom stereocenters. The standard InChI is InChI=1S/C37H44N12O18S6/c1-5-68(50,51)17-13-42-34-28(21-38)22(3)32(36(44-34)41-12-16-67-73(63,64)65)48-46-24-7-9-26(29(19-24)70(54,55)56)27-10-8-25(20-30(27)71(57,58)59)47-49-33-23(4)31(39)35(40-11-15-66-72(60,61)62)45-37(33)43-14-18-69(52,53)6-2/h5-10,19-20H,1-2,11-18,39H2,3-4H3,(H2,40,43,45)(H2,41,42,44)(H,54,55,56)(H,57,58,59)(H,60,61,62)(H,63,64,65). The van der Waals surface area contributed by atoms with Crippen LogP contribution < -0.4 is 27.0 Å². The average molecular weight is 1140 g/mol. The molecule has 4 aromatic rings. The molecule has 2 aromatic heterocycles. The van der Waals surface area contributed by atoms with E-state index in [1.807, 2.05) is 6.07 Å². The maximum absolute atomic E-state index is 12.9. The summed E-state index contributed by atoms with van der Waals surface area (Å²) in [5, 5.41) is 38.5. The summed E-state index contributed by atoms with van der Waals surface area (Å²) in [6.07, 6.45) is 0. The number of nitrogens with two attached hydrogens (primary N) is 1. The lowest BCUT2D eigenvalue weighted by molar-refractivity contribution is 0.277. The second-order valence-electron chi connectivity index (χ2n) is 14.5. The highest BCUT2D eigenvalue weighted by molar-refractivity contribution is 7.94. The number of rotatable bonds is 27. The van der Waals surface area contributed by atoms with Crippen molar-refractivity contribution in [3.05, 3.63) is 77.1 Å². The third-order valence-electron chi connectivity index (χ3n) is 9.42. The zero-order chi connectivity index (χ0) is 54.7. The van der Waals surface area contributed by atoms with Crippen LogP contribution in [-0.4, -0.2) is 130 Å². The Morgan fingerprint density at radius 2 is 0.986 bits per heavy atom. The molecule has 396 valence electrons. The molecule has 30 nitrogen and oxygen atoms in total. The Bertz CT molecular complexity index is 3610. The first kappa shape index (κ1) is 58.9. The second-order valence-corrected chi connectivity index (χ2v) is 23.5. The summed E-state index contributed by atoms with van der Waals surface area (Å²) in [5.41, 5.74) is 4.22. The van der Waals surface area contributed by atoms with Gasteiger partial charge in [0.2, 0.25) is 0 Å². The number of benzene rings is 2. The van der Waals surface area contributed by atoms with Gasteiger partial charge in [-0.05, 0) is 38.1 Å². The Hall–Kier alpha value is -6.63. The third kappa shape index (κ3) is 17.2. The smallest absolute Gasteiger partial charge is 0.395 e. The molecule has 0 aliphatic carbocycles. The van der Waals surface area contributed by atoms with E-state index in [1.54, 1.807) is 0 Å². The van der Waals surface area contributed by atoms with E-state index in [1.165, 1.54) is 13.8 Å². The van der Waals surface area contributed by atoms with Crippen LogP contribution in [0.2, 0.25) is 0 Å². The largest absolute Gasteiger partial charge is 0.397 e. The van der Waals surface area contributed by atoms with E-state index >= 15 is 0 Å². The number of pyridine rings is 2. The number of nitriles is 1. The van der Waals surface area contributed by atoms with Gasteiger partial charge in [0.25, 0.3) is 20.2 Å². The van der Waals surface area contributed by atoms with E-state index in [2.05, 4.69) is 73.2 Å². The zero-order valence-corrected chi connectivity index (χ0v) is 42.8. The highest BCUT2D eigenvalue weighted by Gasteiger charge is 2.26. The molecule has 0 saturated carbocycles. The number of sulfone groups is 2. The van der Waals surface area contributed by atoms with Gasteiger partial charge in [0.05, 0.1) is 47.3 Å². The molecule has 0 fully saturated rings. The molecule has 0 aliphatic rings. The van der Waals surface area contributed by atoms with Crippen LogP contribution in [0, 0.1) is 25.2 Å². The van der Waals surface area contributed by atoms with Crippen LogP contribution in [-0.2, 0) is 69.1 Å². The predicted octanol–water partition coefficient (Wildman–Crippen LogP) is 3.94. The number of azo groups is 2. The first-order chi connectivity index (χ1) is 33.8. The van der Waals surface area contributed by atoms with E-state index < -0.39 is 106 Å². The normalized spacial score (nSPS) is 12.7. The lowest BCUT2D eigenvalue weighted by Crippen LogP contribution is -2.17. The van der Waals surface area contributed by atoms with E-state index in [9.17, 15) is 64.9 Å². The second kappa shape index (κ2) is 23.9. The quantitative estimate of drug-likeness (QED) is 0.0232. The molecule has 0 bridgehead atoms. The van der Waals surface area contributed by atoms with Crippen molar-refractivity contribution in [2.75, 3.05) is 77.9 Å². The number of nitrogens with zero attached hydrogens (tertiary/aromatic N) is 7. The Morgan fingerprint density at radius 3 is 1.38 bits per heavy atom. The summed E-state index contributed by atoms with van der Waals surface area (Å²) in [4.78, 5) is 6.61. The summed E-state index contributed by atoms with van der Waals surface area (Å²) in [5.74, 6) is -1.52. The minimum Gasteiger partial charge on any atom is -0.395 e. The minimum atomic E-state index is -5.28. The fourth-order valence-electron chi connectivity index (χ4n) is 5.95. The van der Waals surface area contributed by atoms with Crippen molar-refractivity contribution < 1.29 is 77.1 Å². The monoisotopic (exact) mass is 1140 g/mol. The van der Waals surface area contributed by atoms with Crippen LogP contribution in [0.4, 0.5) is 51.7 Å². The molecule has 2 aromatic carbocycles. The number of hydrogen-bond acceptors (Lipinski definition) is 26. The number of anilines is 5. The molecule has 0 spiro atoms. The van der Waals surface area contributed by atoms with Gasteiger partial charge in [0.1, 0.15) is 33.1 Å². The number of aromatic nitrogens is 2. The van der Waals surface area contributed by atoms with Gasteiger partial charge in [-0.3, -0.25) is 18.2 Å². The van der Waals surface area contributed by atoms with Gasteiger partial charge in [-0.25, -0.2) is 35.2 Å². The fraction of sp³-hybridized carbons (Fsp3) is 0.270. The molecule has 0 amide bonds. The Kier molecular flexibility index (Phi) is 19.3. The molecular weight excluding hydrogens is 1090 g/mol. The van der Waals surface area contributed by atoms with Gasteiger partial charge in [0.15, 0.2) is 37.1 Å². The van der Waals surface area contributed by atoms with Gasteiger partial charge in [0, 0.05) is 59.2 Å². The van der Waals surface area contributed by atoms with Crippen molar-refractivity contribution in [2.24, 2.45) is 20.5 Å². The highest BCUT2D eigenvalue weighted by Crippen LogP contribution is 2.40.